The number of esters is 1. The van der Waals surface area contributed by atoms with Gasteiger partial charge in [0.15, 0.2) is 18.1 Å². The molecule has 1 amide bonds. The molecule has 0 unspecified atom stereocenters. The minimum atomic E-state index is -1.09. The minimum absolute atomic E-state index is 0.0585. The Kier molecular flexibility index (Phi) is 7.12. The lowest BCUT2D eigenvalue weighted by Crippen LogP contribution is -2.21. The summed E-state index contributed by atoms with van der Waals surface area (Å²) in [6.45, 7) is 4.93. The van der Waals surface area contributed by atoms with Gasteiger partial charge in [-0.25, -0.2) is 9.59 Å². The molecule has 9 nitrogen and oxygen atoms in total. The number of carbonyl (C=O) groups excluding carboxylic acids is 2. The van der Waals surface area contributed by atoms with Crippen LogP contribution in [0.4, 0.5) is 5.69 Å². The Hall–Kier alpha value is -4.14. The van der Waals surface area contributed by atoms with Crippen molar-refractivity contribution >= 4 is 35.3 Å². The number of anilines is 1. The predicted molar refractivity (Wildman–Crippen MR) is 122 cm³/mol. The molecule has 0 aliphatic carbocycles. The molecule has 0 bridgehead atoms. The molecule has 1 aliphatic rings. The van der Waals surface area contributed by atoms with Crippen LogP contribution in [-0.2, 0) is 14.3 Å². The summed E-state index contributed by atoms with van der Waals surface area (Å²) in [6, 6.07) is 11.0. The van der Waals surface area contributed by atoms with E-state index in [9.17, 15) is 19.5 Å². The molecule has 1 heterocycles. The number of methoxy groups -OCH3 is 1. The maximum absolute atomic E-state index is 13.0. The standard InChI is InChI=1S/C24H24N2O7/c1-14(2)33-22(27)13-32-20-9-8-16(11-21(20)31-4)10-19-15(3)25-26(23(19)28)18-7-5-6-17(12-18)24(29)30/h5-12,14H,13H2,1-4H3,(H,29,30)/b19-10+. The van der Waals surface area contributed by atoms with Crippen molar-refractivity contribution in [1.29, 1.82) is 0 Å². The molecule has 0 radical (unpaired) electrons. The molecule has 3 rings (SSSR count). The van der Waals surface area contributed by atoms with Crippen molar-refractivity contribution in [3.63, 3.8) is 0 Å². The van der Waals surface area contributed by atoms with Gasteiger partial charge >= 0.3 is 11.9 Å². The van der Waals surface area contributed by atoms with E-state index in [2.05, 4.69) is 5.10 Å². The predicted octanol–water partition coefficient (Wildman–Crippen LogP) is 3.53. The first-order valence-corrected chi connectivity index (χ1v) is 10.1. The van der Waals surface area contributed by atoms with Crippen molar-refractivity contribution in [2.45, 2.75) is 26.9 Å². The molecule has 0 spiro atoms. The smallest absolute Gasteiger partial charge is 0.344 e. The number of hydrogen-bond donors (Lipinski definition) is 1. The molecule has 33 heavy (non-hydrogen) atoms. The molecule has 0 atom stereocenters. The van der Waals surface area contributed by atoms with Gasteiger partial charge in [-0.15, -0.1) is 0 Å². The molecule has 9 heteroatoms. The first-order chi connectivity index (χ1) is 15.7. The number of nitrogens with zero attached hydrogens (tertiary/aromatic N) is 2. The molecule has 1 aliphatic heterocycles. The third kappa shape index (κ3) is 5.57. The van der Waals surface area contributed by atoms with E-state index in [0.29, 0.717) is 34.0 Å². The van der Waals surface area contributed by atoms with E-state index >= 15 is 0 Å². The average molecular weight is 452 g/mol. The number of ether oxygens (including phenoxy) is 3. The molecule has 0 fully saturated rings. The van der Waals surface area contributed by atoms with Gasteiger partial charge in [-0.2, -0.15) is 10.1 Å². The van der Waals surface area contributed by atoms with Gasteiger partial charge in [0.1, 0.15) is 0 Å². The number of carbonyl (C=O) groups is 3. The van der Waals surface area contributed by atoms with Crippen LogP contribution in [-0.4, -0.2) is 48.5 Å². The fraction of sp³-hybridized carbons (Fsp3) is 0.250. The van der Waals surface area contributed by atoms with Gasteiger partial charge in [0.05, 0.1) is 35.7 Å². The van der Waals surface area contributed by atoms with Crippen molar-refractivity contribution in [2.75, 3.05) is 18.7 Å². The van der Waals surface area contributed by atoms with Crippen LogP contribution in [0, 0.1) is 0 Å². The van der Waals surface area contributed by atoms with Gasteiger partial charge < -0.3 is 19.3 Å². The Bertz CT molecular complexity index is 1150. The normalized spacial score (nSPS) is 14.5. The van der Waals surface area contributed by atoms with Gasteiger partial charge in [-0.1, -0.05) is 12.1 Å². The first-order valence-electron chi connectivity index (χ1n) is 10.1. The van der Waals surface area contributed by atoms with E-state index < -0.39 is 11.9 Å². The molecule has 0 saturated carbocycles. The van der Waals surface area contributed by atoms with E-state index in [-0.39, 0.29) is 24.2 Å². The van der Waals surface area contributed by atoms with Gasteiger partial charge in [-0.3, -0.25) is 4.79 Å². The fourth-order valence-electron chi connectivity index (χ4n) is 3.12. The summed E-state index contributed by atoms with van der Waals surface area (Å²) in [5, 5.41) is 14.6. The maximum Gasteiger partial charge on any atom is 0.344 e. The first kappa shape index (κ1) is 23.5. The lowest BCUT2D eigenvalue weighted by molar-refractivity contribution is -0.149. The zero-order valence-electron chi connectivity index (χ0n) is 18.7. The summed E-state index contributed by atoms with van der Waals surface area (Å²) in [5.74, 6) is -1.23. The van der Waals surface area contributed by atoms with Crippen molar-refractivity contribution in [3.8, 4) is 11.5 Å². The molecule has 0 aromatic heterocycles. The zero-order chi connectivity index (χ0) is 24.1. The van der Waals surface area contributed by atoms with Gasteiger partial charge in [0.25, 0.3) is 5.91 Å². The van der Waals surface area contributed by atoms with Gasteiger partial charge in [0.2, 0.25) is 0 Å². The van der Waals surface area contributed by atoms with E-state index in [0.717, 1.165) is 0 Å². The molecule has 1 N–H and O–H groups in total. The van der Waals surface area contributed by atoms with Crippen LogP contribution in [0.3, 0.4) is 0 Å². The van der Waals surface area contributed by atoms with Crippen LogP contribution >= 0.6 is 0 Å². The van der Waals surface area contributed by atoms with Crippen molar-refractivity contribution in [3.05, 3.63) is 59.2 Å². The maximum atomic E-state index is 13.0. The number of hydrazone groups is 1. The van der Waals surface area contributed by atoms with E-state index in [4.69, 9.17) is 14.2 Å². The quantitative estimate of drug-likeness (QED) is 0.481. The number of carboxylic acid groups (broad SMARTS) is 1. The summed E-state index contributed by atoms with van der Waals surface area (Å²) in [7, 11) is 1.47. The highest BCUT2D eigenvalue weighted by Gasteiger charge is 2.29. The minimum Gasteiger partial charge on any atom is -0.493 e. The van der Waals surface area contributed by atoms with Crippen LogP contribution in [0.2, 0.25) is 0 Å². The molecular weight excluding hydrogens is 428 g/mol. The van der Waals surface area contributed by atoms with Crippen LogP contribution in [0.25, 0.3) is 6.08 Å². The van der Waals surface area contributed by atoms with Gasteiger partial charge in [-0.05, 0) is 62.7 Å². The van der Waals surface area contributed by atoms with Crippen molar-refractivity contribution in [2.24, 2.45) is 5.10 Å². The zero-order valence-corrected chi connectivity index (χ0v) is 18.7. The second-order valence-corrected chi connectivity index (χ2v) is 7.45. The summed E-state index contributed by atoms with van der Waals surface area (Å²) in [5.41, 5.74) is 1.91. The van der Waals surface area contributed by atoms with E-state index in [1.165, 1.54) is 24.3 Å². The van der Waals surface area contributed by atoms with Crippen molar-refractivity contribution < 1.29 is 33.7 Å². The van der Waals surface area contributed by atoms with Crippen LogP contribution in [0.1, 0.15) is 36.7 Å². The summed E-state index contributed by atoms with van der Waals surface area (Å²) in [4.78, 5) is 35.9. The molecule has 172 valence electrons. The summed E-state index contributed by atoms with van der Waals surface area (Å²) < 4.78 is 15.9. The average Bonchev–Trinajstić information content (AvgIpc) is 3.06. The number of aromatic carboxylic acids is 1. The van der Waals surface area contributed by atoms with Crippen LogP contribution in [0.15, 0.2) is 53.1 Å². The second kappa shape index (κ2) is 9.99. The number of benzene rings is 2. The Morgan fingerprint density at radius 2 is 1.91 bits per heavy atom. The highest BCUT2D eigenvalue weighted by Crippen LogP contribution is 2.31. The number of rotatable bonds is 8. The van der Waals surface area contributed by atoms with E-state index in [1.54, 1.807) is 57.2 Å². The highest BCUT2D eigenvalue weighted by molar-refractivity contribution is 6.32. The summed E-state index contributed by atoms with van der Waals surface area (Å²) >= 11 is 0. The molecule has 0 saturated heterocycles. The van der Waals surface area contributed by atoms with Gasteiger partial charge in [0, 0.05) is 0 Å². The topological polar surface area (TPSA) is 115 Å². The molecule has 2 aromatic rings. The Morgan fingerprint density at radius 1 is 1.15 bits per heavy atom. The number of hydrogen-bond acceptors (Lipinski definition) is 7. The largest absolute Gasteiger partial charge is 0.493 e. The monoisotopic (exact) mass is 452 g/mol. The fourth-order valence-corrected chi connectivity index (χ4v) is 3.12. The third-order valence-electron chi connectivity index (χ3n) is 4.61. The second-order valence-electron chi connectivity index (χ2n) is 7.45. The Labute approximate surface area is 190 Å². The molecular formula is C24H24N2O7. The Balaban J connectivity index is 1.81. The third-order valence-corrected chi connectivity index (χ3v) is 4.61. The lowest BCUT2D eigenvalue weighted by Gasteiger charge is -2.13. The van der Waals surface area contributed by atoms with Crippen LogP contribution < -0.4 is 14.5 Å². The Morgan fingerprint density at radius 3 is 2.58 bits per heavy atom. The molecule has 2 aromatic carbocycles. The van der Waals surface area contributed by atoms with E-state index in [1.807, 2.05) is 0 Å². The SMILES string of the molecule is COc1cc(/C=C2/C(=O)N(c3cccc(C(=O)O)c3)N=C2C)ccc1OCC(=O)OC(C)C. The highest BCUT2D eigenvalue weighted by atomic mass is 16.6. The van der Waals surface area contributed by atoms with Crippen LogP contribution in [0.5, 0.6) is 11.5 Å². The summed E-state index contributed by atoms with van der Waals surface area (Å²) in [6.07, 6.45) is 1.42. The van der Waals surface area contributed by atoms with Crippen molar-refractivity contribution in [1.82, 2.24) is 0 Å². The number of carboxylic acids is 1. The number of amides is 1. The lowest BCUT2D eigenvalue weighted by atomic mass is 10.1.